The second-order valence-corrected chi connectivity index (χ2v) is 13.2. The van der Waals surface area contributed by atoms with Crippen molar-refractivity contribution in [3.8, 4) is 0 Å². The normalized spacial score (nSPS) is 19.8. The highest BCUT2D eigenvalue weighted by Crippen LogP contribution is 2.32. The van der Waals surface area contributed by atoms with Gasteiger partial charge >= 0.3 is 0 Å². The van der Waals surface area contributed by atoms with Gasteiger partial charge in [0.15, 0.2) is 19.7 Å². The summed E-state index contributed by atoms with van der Waals surface area (Å²) >= 11 is 1.43. The predicted molar refractivity (Wildman–Crippen MR) is 115 cm³/mol. The third-order valence-electron chi connectivity index (χ3n) is 5.18. The summed E-state index contributed by atoms with van der Waals surface area (Å²) in [6.45, 7) is 3.83. The molecule has 6 nitrogen and oxygen atoms in total. The number of sulfone groups is 2. The van der Waals surface area contributed by atoms with Crippen molar-refractivity contribution in [1.82, 2.24) is 4.90 Å². The number of thiophene rings is 1. The van der Waals surface area contributed by atoms with E-state index in [1.165, 1.54) is 23.5 Å². The average Bonchev–Trinajstić information content (AvgIpc) is 3.13. The summed E-state index contributed by atoms with van der Waals surface area (Å²) in [5, 5.41) is 0.799. The third kappa shape index (κ3) is 4.90. The largest absolute Gasteiger partial charge is 0.341 e. The third-order valence-corrected chi connectivity index (χ3v) is 10.6. The fourth-order valence-corrected chi connectivity index (χ4v) is 7.41. The Balaban J connectivity index is 1.68. The Bertz CT molecular complexity index is 1060. The van der Waals surface area contributed by atoms with E-state index in [1.807, 2.05) is 17.5 Å². The van der Waals surface area contributed by atoms with Crippen molar-refractivity contribution in [2.75, 3.05) is 18.8 Å². The fraction of sp³-hybridized carbons (Fsp3) is 0.450. The van der Waals surface area contributed by atoms with Crippen LogP contribution in [-0.4, -0.2) is 51.7 Å². The molecule has 29 heavy (non-hydrogen) atoms. The molecule has 0 radical (unpaired) electrons. The number of hydrogen-bond acceptors (Lipinski definition) is 6. The summed E-state index contributed by atoms with van der Waals surface area (Å²) in [6.07, 6.45) is 0.506. The maximum atomic E-state index is 12.7. The summed E-state index contributed by atoms with van der Waals surface area (Å²) in [6, 6.07) is 10.0. The number of amides is 1. The lowest BCUT2D eigenvalue weighted by Crippen LogP contribution is -2.34. The molecule has 3 rings (SSSR count). The van der Waals surface area contributed by atoms with Crippen LogP contribution in [0.2, 0.25) is 0 Å². The summed E-state index contributed by atoms with van der Waals surface area (Å²) < 4.78 is 49.7. The molecule has 158 valence electrons. The SMILES string of the molecule is CC(C)S(=O)(=O)c1ccc(CC(=O)N2CCC(c3cccs3)S(=O)(=O)CC2)cc1. The van der Waals surface area contributed by atoms with Crippen LogP contribution in [0.1, 0.15) is 36.0 Å². The standard InChI is InChI=1S/C20H25NO5S3/c1-15(2)29(25,26)17-7-5-16(6-8-17)14-20(22)21-10-9-19(18-4-3-12-27-18)28(23,24)13-11-21/h3-8,12,15,19H,9-11,13-14H2,1-2H3. The second kappa shape index (κ2) is 8.57. The summed E-state index contributed by atoms with van der Waals surface area (Å²) in [5.41, 5.74) is 0.708. The zero-order valence-electron chi connectivity index (χ0n) is 16.4. The number of nitrogens with zero attached hydrogens (tertiary/aromatic N) is 1. The van der Waals surface area contributed by atoms with Gasteiger partial charge in [-0.3, -0.25) is 4.79 Å². The van der Waals surface area contributed by atoms with E-state index in [4.69, 9.17) is 0 Å². The van der Waals surface area contributed by atoms with Crippen LogP contribution < -0.4 is 0 Å². The molecule has 1 atom stereocenters. The quantitative estimate of drug-likeness (QED) is 0.692. The molecule has 1 amide bonds. The van der Waals surface area contributed by atoms with Gasteiger partial charge in [-0.25, -0.2) is 16.8 Å². The average molecular weight is 456 g/mol. The first kappa shape index (κ1) is 22.0. The molecule has 1 saturated heterocycles. The summed E-state index contributed by atoms with van der Waals surface area (Å²) in [5.74, 6) is -0.195. The molecule has 1 aromatic carbocycles. The van der Waals surface area contributed by atoms with E-state index in [-0.39, 0.29) is 29.5 Å². The smallest absolute Gasteiger partial charge is 0.227 e. The van der Waals surface area contributed by atoms with Crippen LogP contribution in [0.4, 0.5) is 0 Å². The highest BCUT2D eigenvalue weighted by Gasteiger charge is 2.33. The van der Waals surface area contributed by atoms with Gasteiger partial charge in [-0.15, -0.1) is 11.3 Å². The van der Waals surface area contributed by atoms with Crippen molar-refractivity contribution in [3.63, 3.8) is 0 Å². The topological polar surface area (TPSA) is 88.6 Å². The minimum atomic E-state index is -3.35. The van der Waals surface area contributed by atoms with Crippen LogP contribution in [-0.2, 0) is 30.9 Å². The molecular weight excluding hydrogens is 430 g/mol. The number of benzene rings is 1. The fourth-order valence-electron chi connectivity index (χ4n) is 3.34. The lowest BCUT2D eigenvalue weighted by molar-refractivity contribution is -0.130. The van der Waals surface area contributed by atoms with Crippen LogP contribution in [0, 0.1) is 0 Å². The van der Waals surface area contributed by atoms with Crippen molar-refractivity contribution < 1.29 is 21.6 Å². The van der Waals surface area contributed by atoms with Gasteiger partial charge in [-0.05, 0) is 49.4 Å². The minimum Gasteiger partial charge on any atom is -0.341 e. The van der Waals surface area contributed by atoms with E-state index in [0.29, 0.717) is 18.5 Å². The van der Waals surface area contributed by atoms with Crippen LogP contribution >= 0.6 is 11.3 Å². The molecule has 9 heteroatoms. The number of carbonyl (C=O) groups is 1. The Hall–Kier alpha value is -1.71. The van der Waals surface area contributed by atoms with Crippen molar-refractivity contribution in [3.05, 3.63) is 52.2 Å². The van der Waals surface area contributed by atoms with Crippen LogP contribution in [0.3, 0.4) is 0 Å². The van der Waals surface area contributed by atoms with Gasteiger partial charge in [0.25, 0.3) is 0 Å². The monoisotopic (exact) mass is 455 g/mol. The van der Waals surface area contributed by atoms with Crippen LogP contribution in [0.25, 0.3) is 0 Å². The zero-order valence-corrected chi connectivity index (χ0v) is 18.9. The van der Waals surface area contributed by atoms with Gasteiger partial charge in [0.1, 0.15) is 0 Å². The summed E-state index contributed by atoms with van der Waals surface area (Å²) in [4.78, 5) is 15.4. The van der Waals surface area contributed by atoms with Gasteiger partial charge in [-0.2, -0.15) is 0 Å². The number of rotatable bonds is 5. The van der Waals surface area contributed by atoms with Crippen molar-refractivity contribution >= 4 is 36.9 Å². The molecule has 0 aliphatic carbocycles. The van der Waals surface area contributed by atoms with Gasteiger partial charge < -0.3 is 4.90 Å². The molecule has 2 heterocycles. The van der Waals surface area contributed by atoms with Gasteiger partial charge in [0.05, 0.1) is 27.6 Å². The van der Waals surface area contributed by atoms with Crippen LogP contribution in [0.15, 0.2) is 46.7 Å². The van der Waals surface area contributed by atoms with Gasteiger partial charge in [0.2, 0.25) is 5.91 Å². The van der Waals surface area contributed by atoms with Crippen molar-refractivity contribution in [2.24, 2.45) is 0 Å². The van der Waals surface area contributed by atoms with E-state index in [0.717, 1.165) is 4.88 Å². The molecular formula is C20H25NO5S3. The van der Waals surface area contributed by atoms with Gasteiger partial charge in [0, 0.05) is 18.0 Å². The first-order chi connectivity index (χ1) is 13.6. The van der Waals surface area contributed by atoms with Crippen LogP contribution in [0.5, 0.6) is 0 Å². The second-order valence-electron chi connectivity index (χ2n) is 7.45. The van der Waals surface area contributed by atoms with E-state index in [1.54, 1.807) is 30.9 Å². The molecule has 0 saturated carbocycles. The van der Waals surface area contributed by atoms with E-state index >= 15 is 0 Å². The van der Waals surface area contributed by atoms with Gasteiger partial charge in [-0.1, -0.05) is 18.2 Å². The zero-order chi connectivity index (χ0) is 21.2. The molecule has 0 bridgehead atoms. The lowest BCUT2D eigenvalue weighted by atomic mass is 10.1. The first-order valence-corrected chi connectivity index (χ1v) is 13.6. The highest BCUT2D eigenvalue weighted by atomic mass is 32.2. The molecule has 2 aromatic rings. The molecule has 0 spiro atoms. The molecule has 0 N–H and O–H groups in total. The predicted octanol–water partition coefficient (Wildman–Crippen LogP) is 2.86. The van der Waals surface area contributed by atoms with Crippen molar-refractivity contribution in [1.29, 1.82) is 0 Å². The molecule has 1 aliphatic heterocycles. The highest BCUT2D eigenvalue weighted by molar-refractivity contribution is 7.92. The van der Waals surface area contributed by atoms with Crippen molar-refractivity contribution in [2.45, 2.75) is 42.1 Å². The van der Waals surface area contributed by atoms with E-state index in [9.17, 15) is 21.6 Å². The number of carbonyl (C=O) groups excluding carboxylic acids is 1. The Morgan fingerprint density at radius 3 is 2.45 bits per heavy atom. The molecule has 1 unspecified atom stereocenters. The maximum Gasteiger partial charge on any atom is 0.227 e. The Labute approximate surface area is 176 Å². The Morgan fingerprint density at radius 2 is 1.86 bits per heavy atom. The molecule has 1 fully saturated rings. The van der Waals surface area contributed by atoms with E-state index < -0.39 is 30.2 Å². The first-order valence-electron chi connectivity index (χ1n) is 9.47. The minimum absolute atomic E-state index is 0.0487. The molecule has 1 aliphatic rings. The summed E-state index contributed by atoms with van der Waals surface area (Å²) in [7, 11) is -6.65. The Kier molecular flexibility index (Phi) is 6.50. The lowest BCUT2D eigenvalue weighted by Gasteiger charge is -2.20. The van der Waals surface area contributed by atoms with E-state index in [2.05, 4.69) is 0 Å². The molecule has 1 aromatic heterocycles. The maximum absolute atomic E-state index is 12.7. The Morgan fingerprint density at radius 1 is 1.17 bits per heavy atom. The number of hydrogen-bond donors (Lipinski definition) is 0.